The Bertz CT molecular complexity index is 1600. The summed E-state index contributed by atoms with van der Waals surface area (Å²) in [6, 6.07) is 31.4. The number of benzene rings is 3. The molecule has 0 spiro atoms. The molecule has 0 aliphatic carbocycles. The van der Waals surface area contributed by atoms with Crippen LogP contribution in [0.15, 0.2) is 91.0 Å². The van der Waals surface area contributed by atoms with Crippen LogP contribution in [0.5, 0.6) is 11.5 Å². The summed E-state index contributed by atoms with van der Waals surface area (Å²) in [6.45, 7) is 2.13. The number of hydrogen-bond acceptors (Lipinski definition) is 3. The summed E-state index contributed by atoms with van der Waals surface area (Å²) in [5.41, 5.74) is 11.1. The van der Waals surface area contributed by atoms with Crippen LogP contribution in [0, 0.1) is 6.92 Å². The summed E-state index contributed by atoms with van der Waals surface area (Å²) in [7, 11) is 3.39. The first-order valence-electron chi connectivity index (χ1n) is 11.3. The highest BCUT2D eigenvalue weighted by molar-refractivity contribution is 6.09. The first-order chi connectivity index (χ1) is 16.7. The number of pyridine rings is 1. The van der Waals surface area contributed by atoms with Gasteiger partial charge in [0.1, 0.15) is 17.1 Å². The fraction of sp³-hybridized carbons (Fsp3) is 0.100. The summed E-state index contributed by atoms with van der Waals surface area (Å²) in [4.78, 5) is 5.10. The number of methoxy groups -OCH3 is 2. The quantitative estimate of drug-likeness (QED) is 0.281. The molecule has 4 heteroatoms. The summed E-state index contributed by atoms with van der Waals surface area (Å²) in [6.07, 6.45) is 0. The van der Waals surface area contributed by atoms with Gasteiger partial charge in [0.2, 0.25) is 0 Å². The van der Waals surface area contributed by atoms with E-state index < -0.39 is 0 Å². The van der Waals surface area contributed by atoms with Crippen LogP contribution in [0.2, 0.25) is 0 Å². The zero-order chi connectivity index (χ0) is 23.2. The molecule has 0 unspecified atom stereocenters. The van der Waals surface area contributed by atoms with Gasteiger partial charge in [-0.1, -0.05) is 54.6 Å². The third-order valence-electron chi connectivity index (χ3n) is 6.41. The van der Waals surface area contributed by atoms with Gasteiger partial charge in [0.15, 0.2) is 0 Å². The molecule has 0 bridgehead atoms. The fourth-order valence-corrected chi connectivity index (χ4v) is 4.85. The lowest BCUT2D eigenvalue weighted by atomic mass is 9.94. The van der Waals surface area contributed by atoms with E-state index >= 15 is 0 Å². The van der Waals surface area contributed by atoms with Gasteiger partial charge >= 0.3 is 0 Å². The molecule has 0 aliphatic rings. The van der Waals surface area contributed by atoms with E-state index in [1.54, 1.807) is 14.2 Å². The zero-order valence-electron chi connectivity index (χ0n) is 19.4. The van der Waals surface area contributed by atoms with E-state index in [1.165, 1.54) is 16.7 Å². The lowest BCUT2D eigenvalue weighted by Gasteiger charge is -2.10. The second-order valence-corrected chi connectivity index (χ2v) is 8.49. The molecule has 6 aromatic rings. The van der Waals surface area contributed by atoms with Gasteiger partial charge in [-0.2, -0.15) is 0 Å². The van der Waals surface area contributed by atoms with Crippen LogP contribution in [0.4, 0.5) is 0 Å². The standard InChI is InChI=1S/C30H24N2O2/c1-19-17-25-27(20-9-13-23(33-2)14-10-20)28(21-11-15-24(34-3)16-12-21)30-29(22-7-5-4-6-8-22)31-26(18-19)32(25)30/h4-18H,1-3H3. The minimum Gasteiger partial charge on any atom is -0.497 e. The molecule has 0 amide bonds. The minimum atomic E-state index is 0.836. The minimum absolute atomic E-state index is 0.836. The highest BCUT2D eigenvalue weighted by atomic mass is 16.5. The molecule has 0 saturated heterocycles. The normalized spacial score (nSPS) is 11.4. The van der Waals surface area contributed by atoms with Gasteiger partial charge in [-0.3, -0.25) is 4.40 Å². The molecule has 6 rings (SSSR count). The molecule has 3 heterocycles. The van der Waals surface area contributed by atoms with E-state index in [0.29, 0.717) is 0 Å². The Labute approximate surface area is 198 Å². The smallest absolute Gasteiger partial charge is 0.138 e. The molecule has 0 radical (unpaired) electrons. The Balaban J connectivity index is 1.77. The average Bonchev–Trinajstić information content (AvgIpc) is 3.42. The molecule has 3 aromatic carbocycles. The van der Waals surface area contributed by atoms with Crippen LogP contribution in [-0.4, -0.2) is 23.6 Å². The molecule has 0 fully saturated rings. The molecule has 0 saturated carbocycles. The predicted molar refractivity (Wildman–Crippen MR) is 138 cm³/mol. The Hall–Kier alpha value is -4.31. The van der Waals surface area contributed by atoms with Crippen molar-refractivity contribution >= 4 is 16.7 Å². The number of ether oxygens (including phenoxy) is 2. The largest absolute Gasteiger partial charge is 0.497 e. The molecule has 166 valence electrons. The third kappa shape index (κ3) is 3.11. The fourth-order valence-electron chi connectivity index (χ4n) is 4.85. The van der Waals surface area contributed by atoms with Gasteiger partial charge in [0.05, 0.1) is 30.9 Å². The van der Waals surface area contributed by atoms with Crippen molar-refractivity contribution in [2.45, 2.75) is 6.92 Å². The van der Waals surface area contributed by atoms with Crippen molar-refractivity contribution in [3.8, 4) is 45.0 Å². The molecular weight excluding hydrogens is 420 g/mol. The van der Waals surface area contributed by atoms with Crippen molar-refractivity contribution in [3.63, 3.8) is 0 Å². The topological polar surface area (TPSA) is 35.8 Å². The second-order valence-electron chi connectivity index (χ2n) is 8.49. The van der Waals surface area contributed by atoms with Crippen LogP contribution in [-0.2, 0) is 0 Å². The maximum Gasteiger partial charge on any atom is 0.138 e. The SMILES string of the molecule is COc1ccc(-c2c(-c3ccc(OC)cc3)c3c(-c4ccccc4)nc4cc(C)cc2n43)cc1. The summed E-state index contributed by atoms with van der Waals surface area (Å²) < 4.78 is 13.2. The summed E-state index contributed by atoms with van der Waals surface area (Å²) >= 11 is 0. The molecular formula is C30H24N2O2. The van der Waals surface area contributed by atoms with E-state index in [0.717, 1.165) is 50.6 Å². The van der Waals surface area contributed by atoms with E-state index in [1.807, 2.05) is 30.3 Å². The van der Waals surface area contributed by atoms with Crippen LogP contribution < -0.4 is 9.47 Å². The number of hydrogen-bond donors (Lipinski definition) is 0. The Kier molecular flexibility index (Phi) is 4.73. The van der Waals surface area contributed by atoms with Gasteiger partial charge in [-0.15, -0.1) is 0 Å². The Morgan fingerprint density at radius 3 is 1.82 bits per heavy atom. The second kappa shape index (κ2) is 7.92. The van der Waals surface area contributed by atoms with Gasteiger partial charge in [0, 0.05) is 16.7 Å². The first kappa shape index (κ1) is 20.3. The van der Waals surface area contributed by atoms with Crippen molar-refractivity contribution in [3.05, 3.63) is 96.6 Å². The number of aromatic nitrogens is 2. The predicted octanol–water partition coefficient (Wildman–Crippen LogP) is 7.25. The van der Waals surface area contributed by atoms with Crippen molar-refractivity contribution in [2.24, 2.45) is 0 Å². The van der Waals surface area contributed by atoms with Gasteiger partial charge in [0.25, 0.3) is 0 Å². The number of imidazole rings is 1. The maximum atomic E-state index is 5.43. The van der Waals surface area contributed by atoms with E-state index in [4.69, 9.17) is 14.5 Å². The van der Waals surface area contributed by atoms with Gasteiger partial charge < -0.3 is 9.47 Å². The maximum absolute atomic E-state index is 5.43. The van der Waals surface area contributed by atoms with Crippen molar-refractivity contribution in [1.82, 2.24) is 9.38 Å². The summed E-state index contributed by atoms with van der Waals surface area (Å²) in [5, 5.41) is 0. The molecule has 3 aromatic heterocycles. The number of rotatable bonds is 5. The van der Waals surface area contributed by atoms with Gasteiger partial charge in [-0.05, 0) is 60.0 Å². The number of aryl methyl sites for hydroxylation is 1. The number of nitrogens with zero attached hydrogens (tertiary/aromatic N) is 2. The van der Waals surface area contributed by atoms with Crippen molar-refractivity contribution in [2.75, 3.05) is 14.2 Å². The lowest BCUT2D eigenvalue weighted by molar-refractivity contribution is 0.414. The molecule has 0 N–H and O–H groups in total. The lowest BCUT2D eigenvalue weighted by Crippen LogP contribution is -1.88. The molecule has 4 nitrogen and oxygen atoms in total. The highest BCUT2D eigenvalue weighted by Gasteiger charge is 2.25. The zero-order valence-corrected chi connectivity index (χ0v) is 19.4. The van der Waals surface area contributed by atoms with Crippen LogP contribution in [0.1, 0.15) is 5.56 Å². The molecule has 0 aliphatic heterocycles. The molecule has 34 heavy (non-hydrogen) atoms. The van der Waals surface area contributed by atoms with E-state index in [9.17, 15) is 0 Å². The average molecular weight is 445 g/mol. The Morgan fingerprint density at radius 2 is 1.24 bits per heavy atom. The van der Waals surface area contributed by atoms with E-state index in [2.05, 4.69) is 72.0 Å². The van der Waals surface area contributed by atoms with Crippen LogP contribution >= 0.6 is 0 Å². The van der Waals surface area contributed by atoms with Crippen molar-refractivity contribution < 1.29 is 9.47 Å². The van der Waals surface area contributed by atoms with Crippen LogP contribution in [0.3, 0.4) is 0 Å². The highest BCUT2D eigenvalue weighted by Crippen LogP contribution is 2.46. The monoisotopic (exact) mass is 444 g/mol. The first-order valence-corrected chi connectivity index (χ1v) is 11.3. The van der Waals surface area contributed by atoms with E-state index in [-0.39, 0.29) is 0 Å². The molecule has 0 atom stereocenters. The van der Waals surface area contributed by atoms with Gasteiger partial charge in [-0.25, -0.2) is 4.98 Å². The Morgan fingerprint density at radius 1 is 0.647 bits per heavy atom. The summed E-state index contributed by atoms with van der Waals surface area (Å²) in [5.74, 6) is 1.68. The van der Waals surface area contributed by atoms with Crippen molar-refractivity contribution in [1.29, 1.82) is 0 Å². The third-order valence-corrected chi connectivity index (χ3v) is 6.41. The van der Waals surface area contributed by atoms with Crippen LogP contribution in [0.25, 0.3) is 50.2 Å².